The lowest BCUT2D eigenvalue weighted by Crippen LogP contribution is -2.55. The van der Waals surface area contributed by atoms with E-state index in [1.165, 1.54) is 44.9 Å². The minimum atomic E-state index is -0.300. The highest BCUT2D eigenvalue weighted by Crippen LogP contribution is 2.71. The number of hydrogen-bond donors (Lipinski definition) is 0. The van der Waals surface area contributed by atoms with Crippen molar-refractivity contribution in [3.63, 3.8) is 0 Å². The van der Waals surface area contributed by atoms with E-state index in [0.717, 1.165) is 49.5 Å². The average Bonchev–Trinajstić information content (AvgIpc) is 3.21. The standard InChI is InChI=1S/C29H46O4/c1-17-8-13-29(31-16-17)18(2)26-25(33-29)15-24-22-7-6-20-14-21(32-19(3)30)9-11-27(20,4)23(22)10-12-28(24,26)5/h17-18,20-26H,6-16H2,1-5H3/t17-,18+,20+,21-,22-,23-,24-,25+,26+,27+,28+,29-/m1/s1. The Bertz CT molecular complexity index is 786. The highest BCUT2D eigenvalue weighted by atomic mass is 16.7. The fraction of sp³-hybridized carbons (Fsp3) is 0.966. The molecule has 4 nitrogen and oxygen atoms in total. The van der Waals surface area contributed by atoms with Crippen molar-refractivity contribution in [1.82, 2.24) is 0 Å². The Morgan fingerprint density at radius 1 is 0.909 bits per heavy atom. The third kappa shape index (κ3) is 3.25. The van der Waals surface area contributed by atoms with Crippen LogP contribution in [0, 0.1) is 52.3 Å². The van der Waals surface area contributed by atoms with Gasteiger partial charge in [0.25, 0.3) is 0 Å². The summed E-state index contributed by atoms with van der Waals surface area (Å²) in [5, 5.41) is 0. The van der Waals surface area contributed by atoms with Crippen LogP contribution in [0.3, 0.4) is 0 Å². The van der Waals surface area contributed by atoms with Gasteiger partial charge in [-0.05, 0) is 104 Å². The third-order valence-corrected chi connectivity index (χ3v) is 12.2. The van der Waals surface area contributed by atoms with E-state index in [1.54, 1.807) is 6.92 Å². The van der Waals surface area contributed by atoms with Gasteiger partial charge >= 0.3 is 5.97 Å². The molecule has 0 radical (unpaired) electrons. The van der Waals surface area contributed by atoms with Gasteiger partial charge in [0.1, 0.15) is 6.10 Å². The lowest BCUT2D eigenvalue weighted by Gasteiger charge is -2.61. The van der Waals surface area contributed by atoms with Crippen molar-refractivity contribution in [3.05, 3.63) is 0 Å². The summed E-state index contributed by atoms with van der Waals surface area (Å²) in [5.74, 6) is 4.63. The van der Waals surface area contributed by atoms with Crippen LogP contribution < -0.4 is 0 Å². The summed E-state index contributed by atoms with van der Waals surface area (Å²) >= 11 is 0. The molecular weight excluding hydrogens is 412 g/mol. The van der Waals surface area contributed by atoms with Crippen LogP contribution in [-0.2, 0) is 19.0 Å². The van der Waals surface area contributed by atoms with Crippen LogP contribution in [0.2, 0.25) is 0 Å². The predicted octanol–water partition coefficient (Wildman–Crippen LogP) is 6.36. The summed E-state index contributed by atoms with van der Waals surface area (Å²) in [5.41, 5.74) is 0.828. The van der Waals surface area contributed by atoms with Gasteiger partial charge in [-0.25, -0.2) is 0 Å². The lowest BCUT2D eigenvalue weighted by atomic mass is 9.44. The van der Waals surface area contributed by atoms with E-state index in [4.69, 9.17) is 14.2 Å². The molecule has 0 unspecified atom stereocenters. The second kappa shape index (κ2) is 7.69. The van der Waals surface area contributed by atoms with Crippen molar-refractivity contribution < 1.29 is 19.0 Å². The van der Waals surface area contributed by atoms with Crippen LogP contribution in [-0.4, -0.2) is 30.6 Å². The second-order valence-electron chi connectivity index (χ2n) is 13.7. The van der Waals surface area contributed by atoms with E-state index in [9.17, 15) is 4.79 Å². The molecule has 4 saturated carbocycles. The molecule has 4 heteroatoms. The van der Waals surface area contributed by atoms with Gasteiger partial charge < -0.3 is 14.2 Å². The van der Waals surface area contributed by atoms with Crippen LogP contribution >= 0.6 is 0 Å². The quantitative estimate of drug-likeness (QED) is 0.429. The Morgan fingerprint density at radius 2 is 1.70 bits per heavy atom. The van der Waals surface area contributed by atoms with Gasteiger partial charge in [0, 0.05) is 19.3 Å². The van der Waals surface area contributed by atoms with Crippen molar-refractivity contribution in [2.75, 3.05) is 6.61 Å². The molecule has 1 spiro atoms. The SMILES string of the molecule is CC(=O)O[C@@H]1CC[C@@]2(C)[C@@H](CC[C@@H]3[C@H]2CC[C@]2(C)[C@@H]4[C@H](C[C@H]32)O[C@]2(CC[C@@H](C)CO2)[C@H]4C)C1. The maximum absolute atomic E-state index is 11.5. The zero-order chi connectivity index (χ0) is 23.2. The molecule has 0 aromatic heterocycles. The van der Waals surface area contributed by atoms with Crippen molar-refractivity contribution in [3.8, 4) is 0 Å². The van der Waals surface area contributed by atoms with Crippen molar-refractivity contribution in [2.24, 2.45) is 52.3 Å². The van der Waals surface area contributed by atoms with E-state index >= 15 is 0 Å². The molecule has 2 aliphatic heterocycles. The highest BCUT2D eigenvalue weighted by Gasteiger charge is 2.69. The lowest BCUT2D eigenvalue weighted by molar-refractivity contribution is -0.273. The number of esters is 1. The average molecular weight is 459 g/mol. The minimum Gasteiger partial charge on any atom is -0.463 e. The van der Waals surface area contributed by atoms with Gasteiger partial charge in [-0.1, -0.05) is 27.7 Å². The van der Waals surface area contributed by atoms with Crippen LogP contribution in [0.4, 0.5) is 0 Å². The van der Waals surface area contributed by atoms with Gasteiger partial charge in [0.2, 0.25) is 0 Å². The number of fused-ring (bicyclic) bond motifs is 7. The second-order valence-corrected chi connectivity index (χ2v) is 13.7. The Balaban J connectivity index is 1.21. The molecule has 2 heterocycles. The molecule has 12 atom stereocenters. The van der Waals surface area contributed by atoms with Crippen molar-refractivity contribution >= 4 is 5.97 Å². The minimum absolute atomic E-state index is 0.105. The fourth-order valence-corrected chi connectivity index (χ4v) is 10.6. The number of carbonyl (C=O) groups is 1. The fourth-order valence-electron chi connectivity index (χ4n) is 10.6. The van der Waals surface area contributed by atoms with Gasteiger partial charge in [-0.3, -0.25) is 4.79 Å². The molecule has 0 aromatic rings. The molecule has 6 fully saturated rings. The third-order valence-electron chi connectivity index (χ3n) is 12.2. The first kappa shape index (κ1) is 22.8. The number of carbonyl (C=O) groups excluding carboxylic acids is 1. The Labute approximate surface area is 200 Å². The van der Waals surface area contributed by atoms with E-state index in [-0.39, 0.29) is 17.9 Å². The highest BCUT2D eigenvalue weighted by molar-refractivity contribution is 5.66. The molecule has 0 N–H and O–H groups in total. The van der Waals surface area contributed by atoms with Gasteiger partial charge in [-0.2, -0.15) is 0 Å². The first-order chi connectivity index (χ1) is 15.7. The Hall–Kier alpha value is -0.610. The zero-order valence-corrected chi connectivity index (χ0v) is 21.6. The topological polar surface area (TPSA) is 44.8 Å². The summed E-state index contributed by atoms with van der Waals surface area (Å²) in [6.07, 6.45) is 12.9. The molecule has 186 valence electrons. The maximum atomic E-state index is 11.5. The smallest absolute Gasteiger partial charge is 0.302 e. The molecule has 6 rings (SSSR count). The van der Waals surface area contributed by atoms with Gasteiger partial charge in [0.05, 0.1) is 12.7 Å². The van der Waals surface area contributed by atoms with Crippen LogP contribution in [0.25, 0.3) is 0 Å². The normalized spacial score (nSPS) is 57.7. The Morgan fingerprint density at radius 3 is 2.42 bits per heavy atom. The predicted molar refractivity (Wildman–Crippen MR) is 127 cm³/mol. The van der Waals surface area contributed by atoms with Crippen LogP contribution in [0.5, 0.6) is 0 Å². The molecule has 33 heavy (non-hydrogen) atoms. The summed E-state index contributed by atoms with van der Waals surface area (Å²) < 4.78 is 19.1. The summed E-state index contributed by atoms with van der Waals surface area (Å²) in [4.78, 5) is 11.5. The number of rotatable bonds is 1. The zero-order valence-electron chi connectivity index (χ0n) is 21.6. The largest absolute Gasteiger partial charge is 0.463 e. The van der Waals surface area contributed by atoms with Gasteiger partial charge in [-0.15, -0.1) is 0 Å². The first-order valence-electron chi connectivity index (χ1n) is 14.2. The maximum Gasteiger partial charge on any atom is 0.302 e. The monoisotopic (exact) mass is 458 g/mol. The van der Waals surface area contributed by atoms with E-state index < -0.39 is 0 Å². The molecule has 4 aliphatic carbocycles. The first-order valence-corrected chi connectivity index (χ1v) is 14.2. The van der Waals surface area contributed by atoms with Crippen molar-refractivity contribution in [1.29, 1.82) is 0 Å². The van der Waals surface area contributed by atoms with E-state index in [1.807, 2.05) is 0 Å². The molecule has 0 aromatic carbocycles. The van der Waals surface area contributed by atoms with Crippen molar-refractivity contribution in [2.45, 2.75) is 117 Å². The van der Waals surface area contributed by atoms with E-state index in [0.29, 0.717) is 34.7 Å². The van der Waals surface area contributed by atoms with Crippen LogP contribution in [0.1, 0.15) is 98.8 Å². The van der Waals surface area contributed by atoms with Gasteiger partial charge in [0.15, 0.2) is 5.79 Å². The van der Waals surface area contributed by atoms with Crippen LogP contribution in [0.15, 0.2) is 0 Å². The molecular formula is C29H46O4. The molecule has 2 saturated heterocycles. The summed E-state index contributed by atoms with van der Waals surface area (Å²) in [7, 11) is 0. The van der Waals surface area contributed by atoms with E-state index in [2.05, 4.69) is 27.7 Å². The summed E-state index contributed by atoms with van der Waals surface area (Å²) in [6.45, 7) is 12.4. The number of hydrogen-bond acceptors (Lipinski definition) is 4. The number of ether oxygens (including phenoxy) is 3. The summed E-state index contributed by atoms with van der Waals surface area (Å²) in [6, 6.07) is 0. The molecule has 0 amide bonds. The molecule has 0 bridgehead atoms. The molecule has 6 aliphatic rings. The Kier molecular flexibility index (Phi) is 5.32.